The molecule has 0 saturated carbocycles. The topological polar surface area (TPSA) is 47.6 Å². The largest absolute Gasteiger partial charge is 0.496 e. The minimum absolute atomic E-state index is 0.0371. The average Bonchev–Trinajstić information content (AvgIpc) is 2.60. The molecule has 2 aromatic carbocycles. The Balaban J connectivity index is 1.52. The summed E-state index contributed by atoms with van der Waals surface area (Å²) >= 11 is 0. The highest BCUT2D eigenvalue weighted by Gasteiger charge is 2.20. The quantitative estimate of drug-likeness (QED) is 0.923. The summed E-state index contributed by atoms with van der Waals surface area (Å²) in [7, 11) is 1.65. The predicted molar refractivity (Wildman–Crippen MR) is 88.9 cm³/mol. The molecule has 0 aromatic heterocycles. The minimum atomic E-state index is 0.0371. The van der Waals surface area contributed by atoms with Crippen LogP contribution in [-0.4, -0.2) is 25.7 Å². The zero-order chi connectivity index (χ0) is 16.1. The number of hydrogen-bond acceptors (Lipinski definition) is 3. The zero-order valence-corrected chi connectivity index (χ0v) is 13.2. The van der Waals surface area contributed by atoms with Crippen molar-refractivity contribution in [2.24, 2.45) is 0 Å². The summed E-state index contributed by atoms with van der Waals surface area (Å²) in [6.07, 6.45) is 1.93. The first-order chi connectivity index (χ1) is 11.3. The maximum atomic E-state index is 12.2. The third-order valence-corrected chi connectivity index (χ3v) is 4.06. The molecule has 120 valence electrons. The number of benzene rings is 2. The molecule has 1 N–H and O–H groups in total. The molecule has 4 heteroatoms. The zero-order valence-electron chi connectivity index (χ0n) is 13.2. The van der Waals surface area contributed by atoms with Crippen molar-refractivity contribution < 1.29 is 14.3 Å². The maximum absolute atomic E-state index is 12.2. The Morgan fingerprint density at radius 2 is 2.00 bits per heavy atom. The Bertz CT molecular complexity index is 684. The Morgan fingerprint density at radius 3 is 2.87 bits per heavy atom. The maximum Gasteiger partial charge on any atom is 0.220 e. The second-order valence-corrected chi connectivity index (χ2v) is 5.70. The number of hydrogen-bond donors (Lipinski definition) is 1. The number of para-hydroxylation sites is 2. The van der Waals surface area contributed by atoms with Gasteiger partial charge in [-0.25, -0.2) is 0 Å². The van der Waals surface area contributed by atoms with Gasteiger partial charge in [0, 0.05) is 6.42 Å². The summed E-state index contributed by atoms with van der Waals surface area (Å²) in [5.74, 6) is 1.80. The van der Waals surface area contributed by atoms with Crippen LogP contribution in [0.1, 0.15) is 17.5 Å². The fraction of sp³-hybridized carbons (Fsp3) is 0.316. The molecule has 0 aliphatic carbocycles. The fourth-order valence-electron chi connectivity index (χ4n) is 2.88. The van der Waals surface area contributed by atoms with E-state index in [1.165, 1.54) is 0 Å². The number of fused-ring (bicyclic) bond motifs is 1. The molecule has 1 aliphatic rings. The van der Waals surface area contributed by atoms with Crippen molar-refractivity contribution in [1.82, 2.24) is 5.32 Å². The first-order valence-corrected chi connectivity index (χ1v) is 7.88. The van der Waals surface area contributed by atoms with Crippen LogP contribution in [0.15, 0.2) is 48.5 Å². The van der Waals surface area contributed by atoms with Gasteiger partial charge in [-0.15, -0.1) is 0 Å². The van der Waals surface area contributed by atoms with E-state index in [1.54, 1.807) is 7.11 Å². The second kappa shape index (κ2) is 7.18. The van der Waals surface area contributed by atoms with E-state index < -0.39 is 0 Å². The van der Waals surface area contributed by atoms with Gasteiger partial charge in [-0.3, -0.25) is 4.79 Å². The molecule has 1 aliphatic heterocycles. The van der Waals surface area contributed by atoms with Crippen LogP contribution < -0.4 is 14.8 Å². The van der Waals surface area contributed by atoms with Gasteiger partial charge in [0.05, 0.1) is 13.2 Å². The van der Waals surface area contributed by atoms with Gasteiger partial charge in [-0.05, 0) is 36.1 Å². The van der Waals surface area contributed by atoms with Crippen LogP contribution in [0, 0.1) is 0 Å². The van der Waals surface area contributed by atoms with E-state index in [0.717, 1.165) is 29.0 Å². The van der Waals surface area contributed by atoms with Crippen LogP contribution in [0.5, 0.6) is 11.5 Å². The van der Waals surface area contributed by atoms with Gasteiger partial charge >= 0.3 is 0 Å². The van der Waals surface area contributed by atoms with E-state index in [0.29, 0.717) is 19.4 Å². The molecular formula is C19H21NO3. The van der Waals surface area contributed by atoms with E-state index in [9.17, 15) is 4.79 Å². The number of amides is 1. The van der Waals surface area contributed by atoms with Gasteiger partial charge < -0.3 is 14.8 Å². The smallest absolute Gasteiger partial charge is 0.220 e. The van der Waals surface area contributed by atoms with Crippen LogP contribution in [0.4, 0.5) is 0 Å². The van der Waals surface area contributed by atoms with Crippen LogP contribution in [0.3, 0.4) is 0 Å². The lowest BCUT2D eigenvalue weighted by atomic mass is 10.0. The van der Waals surface area contributed by atoms with E-state index in [2.05, 4.69) is 5.32 Å². The number of nitrogens with one attached hydrogen (secondary N) is 1. The average molecular weight is 311 g/mol. The lowest BCUT2D eigenvalue weighted by molar-refractivity contribution is -0.122. The Kier molecular flexibility index (Phi) is 4.81. The highest BCUT2D eigenvalue weighted by Crippen LogP contribution is 2.24. The highest BCUT2D eigenvalue weighted by molar-refractivity contribution is 5.76. The van der Waals surface area contributed by atoms with Crippen molar-refractivity contribution in [3.05, 3.63) is 59.7 Å². The lowest BCUT2D eigenvalue weighted by Gasteiger charge is -2.26. The monoisotopic (exact) mass is 311 g/mol. The Morgan fingerprint density at radius 1 is 1.22 bits per heavy atom. The molecule has 2 aromatic rings. The van der Waals surface area contributed by atoms with Crippen molar-refractivity contribution in [2.75, 3.05) is 13.7 Å². The molecule has 0 bridgehead atoms. The Labute approximate surface area is 136 Å². The summed E-state index contributed by atoms with van der Waals surface area (Å²) in [5.41, 5.74) is 2.20. The fourth-order valence-corrected chi connectivity index (χ4v) is 2.88. The standard InChI is InChI=1S/C19H21NO3/c1-22-17-8-4-2-6-14(17)10-11-19(21)20-16-12-15-7-3-5-9-18(15)23-13-16/h2-9,16H,10-13H2,1H3,(H,20,21). The Hall–Kier alpha value is -2.49. The molecule has 1 unspecified atom stereocenters. The molecule has 0 saturated heterocycles. The van der Waals surface area contributed by atoms with Crippen LogP contribution >= 0.6 is 0 Å². The third-order valence-electron chi connectivity index (χ3n) is 4.06. The number of ether oxygens (including phenoxy) is 2. The summed E-state index contributed by atoms with van der Waals surface area (Å²) in [4.78, 5) is 12.2. The van der Waals surface area contributed by atoms with Gasteiger partial charge in [0.1, 0.15) is 18.1 Å². The van der Waals surface area contributed by atoms with E-state index in [-0.39, 0.29) is 11.9 Å². The van der Waals surface area contributed by atoms with Gasteiger partial charge in [0.15, 0.2) is 0 Å². The molecule has 0 spiro atoms. The number of carbonyl (C=O) groups excluding carboxylic acids is 1. The summed E-state index contributed by atoms with van der Waals surface area (Å²) in [6.45, 7) is 0.525. The summed E-state index contributed by atoms with van der Waals surface area (Å²) in [5, 5.41) is 3.06. The third kappa shape index (κ3) is 3.83. The first kappa shape index (κ1) is 15.4. The minimum Gasteiger partial charge on any atom is -0.496 e. The van der Waals surface area contributed by atoms with Crippen molar-refractivity contribution in [1.29, 1.82) is 0 Å². The van der Waals surface area contributed by atoms with Crippen molar-refractivity contribution in [2.45, 2.75) is 25.3 Å². The number of aryl methyl sites for hydroxylation is 1. The van der Waals surface area contributed by atoms with Gasteiger partial charge in [-0.1, -0.05) is 36.4 Å². The SMILES string of the molecule is COc1ccccc1CCC(=O)NC1COc2ccccc2C1. The number of carbonyl (C=O) groups is 1. The second-order valence-electron chi connectivity index (χ2n) is 5.70. The molecule has 1 amide bonds. The van der Waals surface area contributed by atoms with E-state index >= 15 is 0 Å². The molecule has 23 heavy (non-hydrogen) atoms. The molecular weight excluding hydrogens is 290 g/mol. The van der Waals surface area contributed by atoms with E-state index in [4.69, 9.17) is 9.47 Å². The van der Waals surface area contributed by atoms with Crippen molar-refractivity contribution in [3.8, 4) is 11.5 Å². The molecule has 4 nitrogen and oxygen atoms in total. The summed E-state index contributed by atoms with van der Waals surface area (Å²) in [6, 6.07) is 15.8. The van der Waals surface area contributed by atoms with Crippen LogP contribution in [-0.2, 0) is 17.6 Å². The number of methoxy groups -OCH3 is 1. The number of rotatable bonds is 5. The van der Waals surface area contributed by atoms with Crippen LogP contribution in [0.2, 0.25) is 0 Å². The molecule has 3 rings (SSSR count). The predicted octanol–water partition coefficient (Wildman–Crippen LogP) is 2.75. The molecule has 0 radical (unpaired) electrons. The van der Waals surface area contributed by atoms with Crippen LogP contribution in [0.25, 0.3) is 0 Å². The highest BCUT2D eigenvalue weighted by atomic mass is 16.5. The van der Waals surface area contributed by atoms with E-state index in [1.807, 2.05) is 48.5 Å². The molecule has 1 heterocycles. The van der Waals surface area contributed by atoms with Crippen molar-refractivity contribution in [3.63, 3.8) is 0 Å². The van der Waals surface area contributed by atoms with Gasteiger partial charge in [0.25, 0.3) is 0 Å². The lowest BCUT2D eigenvalue weighted by Crippen LogP contribution is -2.42. The normalized spacial score (nSPS) is 16.1. The molecule has 0 fully saturated rings. The van der Waals surface area contributed by atoms with Gasteiger partial charge in [-0.2, -0.15) is 0 Å². The van der Waals surface area contributed by atoms with Crippen molar-refractivity contribution >= 4 is 5.91 Å². The first-order valence-electron chi connectivity index (χ1n) is 7.88. The summed E-state index contributed by atoms with van der Waals surface area (Å²) < 4.78 is 11.0. The molecule has 1 atom stereocenters. The van der Waals surface area contributed by atoms with Gasteiger partial charge in [0.2, 0.25) is 5.91 Å².